The second-order valence-electron chi connectivity index (χ2n) is 6.23. The fourth-order valence-corrected chi connectivity index (χ4v) is 4.45. The summed E-state index contributed by atoms with van der Waals surface area (Å²) in [4.78, 5) is 29.3. The van der Waals surface area contributed by atoms with Gasteiger partial charge in [-0.2, -0.15) is 0 Å². The van der Waals surface area contributed by atoms with Crippen molar-refractivity contribution in [2.45, 2.75) is 11.3 Å². The van der Waals surface area contributed by atoms with Crippen molar-refractivity contribution >= 4 is 39.9 Å². The fourth-order valence-electron chi connectivity index (χ4n) is 2.56. The van der Waals surface area contributed by atoms with Crippen LogP contribution in [0.2, 0.25) is 0 Å². The molecule has 5 nitrogen and oxygen atoms in total. The summed E-state index contributed by atoms with van der Waals surface area (Å²) >= 11 is 2.71. The Kier molecular flexibility index (Phi) is 7.21. The van der Waals surface area contributed by atoms with Gasteiger partial charge in [0.1, 0.15) is 10.7 Å². The number of thioether (sulfide) groups is 1. The van der Waals surface area contributed by atoms with E-state index < -0.39 is 0 Å². The first kappa shape index (κ1) is 20.8. The molecule has 0 bridgehead atoms. The first-order chi connectivity index (χ1) is 14.1. The number of hydrogen-bond donors (Lipinski definition) is 2. The third-order valence-corrected chi connectivity index (χ3v) is 6.05. The average Bonchev–Trinajstić information content (AvgIpc) is 3.14. The lowest BCUT2D eigenvalue weighted by atomic mass is 10.1. The Balaban J connectivity index is 1.82. The van der Waals surface area contributed by atoms with Crippen LogP contribution in [0.15, 0.2) is 71.6 Å². The molecule has 29 heavy (non-hydrogen) atoms. The van der Waals surface area contributed by atoms with Crippen LogP contribution in [0.3, 0.4) is 0 Å². The quantitative estimate of drug-likeness (QED) is 0.405. The molecule has 0 atom stereocenters. The number of benzene rings is 2. The van der Waals surface area contributed by atoms with E-state index in [1.807, 2.05) is 55.5 Å². The van der Waals surface area contributed by atoms with E-state index >= 15 is 0 Å². The zero-order valence-electron chi connectivity index (χ0n) is 16.0. The molecule has 7 heteroatoms. The Morgan fingerprint density at radius 3 is 2.69 bits per heavy atom. The number of carbonyl (C=O) groups is 2. The van der Waals surface area contributed by atoms with Crippen LogP contribution in [-0.2, 0) is 4.79 Å². The second kappa shape index (κ2) is 10.0. The Morgan fingerprint density at radius 2 is 1.97 bits per heavy atom. The van der Waals surface area contributed by atoms with E-state index in [9.17, 15) is 9.59 Å². The number of amides is 2. The number of carbonyl (C=O) groups excluding carboxylic acids is 2. The molecule has 3 aromatic rings. The molecule has 0 aliphatic rings. The molecule has 1 aromatic heterocycles. The van der Waals surface area contributed by atoms with Crippen molar-refractivity contribution in [3.05, 3.63) is 78.4 Å². The van der Waals surface area contributed by atoms with Crippen LogP contribution in [0.4, 0.5) is 5.00 Å². The smallest absolute Gasteiger partial charge is 0.256 e. The zero-order valence-corrected chi connectivity index (χ0v) is 17.6. The molecule has 3 rings (SSSR count). The molecular formula is C22H21N3O2S2. The van der Waals surface area contributed by atoms with Gasteiger partial charge in [-0.25, -0.2) is 4.98 Å². The number of nitrogens with one attached hydrogen (secondary N) is 2. The minimum Gasteiger partial charge on any atom is -0.352 e. The van der Waals surface area contributed by atoms with Crippen LogP contribution in [0.25, 0.3) is 11.3 Å². The van der Waals surface area contributed by atoms with Crippen LogP contribution in [0.5, 0.6) is 0 Å². The molecule has 148 valence electrons. The van der Waals surface area contributed by atoms with Crippen molar-refractivity contribution in [3.8, 4) is 11.3 Å². The van der Waals surface area contributed by atoms with E-state index in [0.29, 0.717) is 22.8 Å². The molecule has 2 aromatic carbocycles. The van der Waals surface area contributed by atoms with Crippen LogP contribution in [0.1, 0.15) is 15.9 Å². The van der Waals surface area contributed by atoms with Gasteiger partial charge in [-0.1, -0.05) is 77.2 Å². The van der Waals surface area contributed by atoms with Gasteiger partial charge < -0.3 is 10.6 Å². The normalized spacial score (nSPS) is 10.4. The van der Waals surface area contributed by atoms with Crippen molar-refractivity contribution in [1.82, 2.24) is 10.3 Å². The Morgan fingerprint density at radius 1 is 1.17 bits per heavy atom. The number of hydrogen-bond acceptors (Lipinski definition) is 5. The number of aryl methyl sites for hydroxylation is 1. The molecule has 2 N–H and O–H groups in total. The summed E-state index contributed by atoms with van der Waals surface area (Å²) in [6.07, 6.45) is 1.64. The van der Waals surface area contributed by atoms with Crippen molar-refractivity contribution in [3.63, 3.8) is 0 Å². The van der Waals surface area contributed by atoms with Gasteiger partial charge in [-0.3, -0.25) is 9.59 Å². The summed E-state index contributed by atoms with van der Waals surface area (Å²) in [5.41, 5.74) is 3.22. The van der Waals surface area contributed by atoms with E-state index in [1.54, 1.807) is 12.1 Å². The third-order valence-electron chi connectivity index (χ3n) is 3.93. The molecular weight excluding hydrogens is 402 g/mol. The Bertz CT molecular complexity index is 1020. The van der Waals surface area contributed by atoms with E-state index in [1.165, 1.54) is 23.1 Å². The lowest BCUT2D eigenvalue weighted by molar-refractivity contribution is -0.118. The summed E-state index contributed by atoms with van der Waals surface area (Å²) in [5.74, 6) is -0.0209. The molecule has 0 aliphatic carbocycles. The number of thiazole rings is 1. The predicted octanol–water partition coefficient (Wildman–Crippen LogP) is 4.77. The van der Waals surface area contributed by atoms with Gasteiger partial charge in [0.2, 0.25) is 5.91 Å². The fraction of sp³-hybridized carbons (Fsp3) is 0.136. The van der Waals surface area contributed by atoms with E-state index in [2.05, 4.69) is 22.2 Å². The second-order valence-corrected chi connectivity index (χ2v) is 8.45. The SMILES string of the molecule is C=CCNC(=O)CSc1nc(-c2ccccc2)c(NC(=O)c2cccc(C)c2)s1. The van der Waals surface area contributed by atoms with Crippen molar-refractivity contribution in [2.75, 3.05) is 17.6 Å². The summed E-state index contributed by atoms with van der Waals surface area (Å²) in [6, 6.07) is 17.1. The zero-order chi connectivity index (χ0) is 20.6. The topological polar surface area (TPSA) is 71.1 Å². The minimum atomic E-state index is -0.185. The highest BCUT2D eigenvalue weighted by Crippen LogP contribution is 2.37. The number of rotatable bonds is 8. The first-order valence-corrected chi connectivity index (χ1v) is 10.8. The standard InChI is InChI=1S/C22H21N3O2S2/c1-3-12-23-18(26)14-28-22-24-19(16-9-5-4-6-10-16)21(29-22)25-20(27)17-11-7-8-15(2)13-17/h3-11,13H,1,12,14H2,2H3,(H,23,26)(H,25,27). The van der Waals surface area contributed by atoms with Crippen molar-refractivity contribution in [2.24, 2.45) is 0 Å². The number of anilines is 1. The lowest BCUT2D eigenvalue weighted by Gasteiger charge is -2.06. The van der Waals surface area contributed by atoms with Gasteiger partial charge in [0.25, 0.3) is 5.91 Å². The molecule has 2 amide bonds. The molecule has 0 saturated heterocycles. The number of nitrogens with zero attached hydrogens (tertiary/aromatic N) is 1. The molecule has 0 aliphatic heterocycles. The van der Waals surface area contributed by atoms with Crippen molar-refractivity contribution in [1.29, 1.82) is 0 Å². The predicted molar refractivity (Wildman–Crippen MR) is 121 cm³/mol. The summed E-state index contributed by atoms with van der Waals surface area (Å²) in [5, 5.41) is 6.39. The maximum Gasteiger partial charge on any atom is 0.256 e. The summed E-state index contributed by atoms with van der Waals surface area (Å²) in [7, 11) is 0. The molecule has 0 fully saturated rings. The summed E-state index contributed by atoms with van der Waals surface area (Å²) < 4.78 is 0.720. The molecule has 0 radical (unpaired) electrons. The monoisotopic (exact) mass is 423 g/mol. The molecule has 0 saturated carbocycles. The largest absolute Gasteiger partial charge is 0.352 e. The highest BCUT2D eigenvalue weighted by molar-refractivity contribution is 8.01. The van der Waals surface area contributed by atoms with Gasteiger partial charge >= 0.3 is 0 Å². The molecule has 0 spiro atoms. The van der Waals surface area contributed by atoms with Crippen molar-refractivity contribution < 1.29 is 9.59 Å². The summed E-state index contributed by atoms with van der Waals surface area (Å²) in [6.45, 7) is 5.97. The van der Waals surface area contributed by atoms with Gasteiger partial charge in [-0.05, 0) is 19.1 Å². The Labute approximate surface area is 178 Å². The van der Waals surface area contributed by atoms with Crippen LogP contribution in [-0.4, -0.2) is 29.1 Å². The maximum atomic E-state index is 12.7. The van der Waals surface area contributed by atoms with Gasteiger partial charge in [0.05, 0.1) is 5.75 Å². The average molecular weight is 424 g/mol. The van der Waals surface area contributed by atoms with Crippen LogP contribution < -0.4 is 10.6 Å². The lowest BCUT2D eigenvalue weighted by Crippen LogP contribution is -2.24. The van der Waals surface area contributed by atoms with Gasteiger partial charge in [-0.15, -0.1) is 6.58 Å². The third kappa shape index (κ3) is 5.79. The van der Waals surface area contributed by atoms with Crippen LogP contribution in [0, 0.1) is 6.92 Å². The van der Waals surface area contributed by atoms with Gasteiger partial charge in [0.15, 0.2) is 4.34 Å². The first-order valence-electron chi connectivity index (χ1n) is 9.01. The van der Waals surface area contributed by atoms with E-state index in [0.717, 1.165) is 15.5 Å². The Hall–Kier alpha value is -2.90. The van der Waals surface area contributed by atoms with Crippen LogP contribution >= 0.6 is 23.1 Å². The highest BCUT2D eigenvalue weighted by atomic mass is 32.2. The highest BCUT2D eigenvalue weighted by Gasteiger charge is 2.17. The van der Waals surface area contributed by atoms with E-state index in [-0.39, 0.29) is 17.6 Å². The number of aromatic nitrogens is 1. The maximum absolute atomic E-state index is 12.7. The molecule has 0 unspecified atom stereocenters. The minimum absolute atomic E-state index is 0.0864. The van der Waals surface area contributed by atoms with Gasteiger partial charge in [0, 0.05) is 17.7 Å². The van der Waals surface area contributed by atoms with E-state index in [4.69, 9.17) is 0 Å². The molecule has 1 heterocycles.